The standard InChI is InChI=1S/C19H12ClF6N3O2/c20-14-6-1-10(9-27-17(31)19(24,25)26)7-13(14)15-8-16(30)29(28-15)12-4-2-11(3-5-12)18(21,22)23/h1-7H,8-9H2,(H,27,31). The van der Waals surface area contributed by atoms with Crippen molar-refractivity contribution in [3.05, 3.63) is 64.2 Å². The number of carbonyl (C=O) groups is 2. The van der Waals surface area contributed by atoms with Crippen LogP contribution in [0.1, 0.15) is 23.1 Å². The van der Waals surface area contributed by atoms with Crippen molar-refractivity contribution in [1.29, 1.82) is 0 Å². The Hall–Kier alpha value is -3.08. The van der Waals surface area contributed by atoms with Crippen molar-refractivity contribution in [2.45, 2.75) is 25.3 Å². The van der Waals surface area contributed by atoms with Gasteiger partial charge in [0, 0.05) is 17.1 Å². The van der Waals surface area contributed by atoms with Crippen LogP contribution in [-0.4, -0.2) is 23.7 Å². The fourth-order valence-corrected chi connectivity index (χ4v) is 2.99. The third-order valence-electron chi connectivity index (χ3n) is 4.27. The van der Waals surface area contributed by atoms with Crippen molar-refractivity contribution in [2.24, 2.45) is 5.10 Å². The number of nitrogens with one attached hydrogen (secondary N) is 1. The Morgan fingerprint density at radius 3 is 2.29 bits per heavy atom. The van der Waals surface area contributed by atoms with Crippen LogP contribution in [-0.2, 0) is 22.3 Å². The van der Waals surface area contributed by atoms with E-state index < -0.39 is 36.3 Å². The summed E-state index contributed by atoms with van der Waals surface area (Å²) in [6, 6.07) is 7.96. The van der Waals surface area contributed by atoms with E-state index >= 15 is 0 Å². The Morgan fingerprint density at radius 2 is 1.71 bits per heavy atom. The molecule has 0 aliphatic carbocycles. The van der Waals surface area contributed by atoms with Crippen LogP contribution in [0.3, 0.4) is 0 Å². The van der Waals surface area contributed by atoms with Crippen LogP contribution in [0.2, 0.25) is 5.02 Å². The fourth-order valence-electron chi connectivity index (χ4n) is 2.76. The van der Waals surface area contributed by atoms with Gasteiger partial charge in [-0.25, -0.2) is 5.01 Å². The number of amides is 2. The largest absolute Gasteiger partial charge is 0.471 e. The molecule has 0 fully saturated rings. The van der Waals surface area contributed by atoms with Crippen molar-refractivity contribution in [3.8, 4) is 0 Å². The molecule has 0 radical (unpaired) electrons. The molecule has 0 saturated heterocycles. The topological polar surface area (TPSA) is 61.8 Å². The molecule has 12 heteroatoms. The molecular formula is C19H12ClF6N3O2. The van der Waals surface area contributed by atoms with E-state index in [9.17, 15) is 35.9 Å². The zero-order chi connectivity index (χ0) is 23.0. The molecule has 0 unspecified atom stereocenters. The zero-order valence-electron chi connectivity index (χ0n) is 15.3. The van der Waals surface area contributed by atoms with Gasteiger partial charge in [-0.15, -0.1) is 0 Å². The minimum absolute atomic E-state index is 0.109. The van der Waals surface area contributed by atoms with E-state index in [0.29, 0.717) is 0 Å². The lowest BCUT2D eigenvalue weighted by Crippen LogP contribution is -2.36. The number of carbonyl (C=O) groups excluding carboxylic acids is 2. The lowest BCUT2D eigenvalue weighted by molar-refractivity contribution is -0.173. The summed E-state index contributed by atoms with van der Waals surface area (Å²) in [5.74, 6) is -2.63. The highest BCUT2D eigenvalue weighted by molar-refractivity contribution is 6.35. The number of halogens is 7. The van der Waals surface area contributed by atoms with Gasteiger partial charge in [-0.2, -0.15) is 31.4 Å². The second kappa shape index (κ2) is 8.22. The summed E-state index contributed by atoms with van der Waals surface area (Å²) >= 11 is 6.12. The van der Waals surface area contributed by atoms with Gasteiger partial charge in [-0.05, 0) is 42.0 Å². The van der Waals surface area contributed by atoms with E-state index in [0.717, 1.165) is 29.3 Å². The second-order valence-electron chi connectivity index (χ2n) is 6.47. The highest BCUT2D eigenvalue weighted by Crippen LogP contribution is 2.32. The Morgan fingerprint density at radius 1 is 1.06 bits per heavy atom. The van der Waals surface area contributed by atoms with Gasteiger partial charge in [0.05, 0.1) is 23.4 Å². The molecule has 164 valence electrons. The fraction of sp³-hybridized carbons (Fsp3) is 0.211. The first-order valence-electron chi connectivity index (χ1n) is 8.58. The summed E-state index contributed by atoms with van der Waals surface area (Å²) < 4.78 is 75.1. The molecule has 1 N–H and O–H groups in total. The molecule has 1 heterocycles. The molecule has 0 saturated carbocycles. The number of benzene rings is 2. The zero-order valence-corrected chi connectivity index (χ0v) is 16.1. The highest BCUT2D eigenvalue weighted by atomic mass is 35.5. The van der Waals surface area contributed by atoms with E-state index in [1.807, 2.05) is 0 Å². The molecule has 31 heavy (non-hydrogen) atoms. The second-order valence-corrected chi connectivity index (χ2v) is 6.88. The maximum Gasteiger partial charge on any atom is 0.471 e. The maximum atomic E-state index is 12.7. The minimum Gasteiger partial charge on any atom is -0.344 e. The van der Waals surface area contributed by atoms with Crippen LogP contribution in [0.5, 0.6) is 0 Å². The smallest absolute Gasteiger partial charge is 0.344 e. The molecule has 2 amide bonds. The number of hydrogen-bond acceptors (Lipinski definition) is 3. The van der Waals surface area contributed by atoms with Crippen LogP contribution in [0, 0.1) is 0 Å². The van der Waals surface area contributed by atoms with Crippen molar-refractivity contribution < 1.29 is 35.9 Å². The summed E-state index contributed by atoms with van der Waals surface area (Å²) in [6.07, 6.45) is -9.78. The molecule has 0 spiro atoms. The van der Waals surface area contributed by atoms with Crippen molar-refractivity contribution in [2.75, 3.05) is 5.01 Å². The summed E-state index contributed by atoms with van der Waals surface area (Å²) in [4.78, 5) is 23.3. The average Bonchev–Trinajstić information content (AvgIpc) is 3.07. The van der Waals surface area contributed by atoms with Crippen LogP contribution < -0.4 is 10.3 Å². The first kappa shape index (κ1) is 22.6. The molecule has 0 aromatic heterocycles. The average molecular weight is 464 g/mol. The number of anilines is 1. The van der Waals surface area contributed by atoms with Crippen molar-refractivity contribution in [1.82, 2.24) is 5.32 Å². The highest BCUT2D eigenvalue weighted by Gasteiger charge is 2.38. The number of hydrazone groups is 1. The van der Waals surface area contributed by atoms with Gasteiger partial charge in [-0.3, -0.25) is 9.59 Å². The van der Waals surface area contributed by atoms with Gasteiger partial charge in [0.2, 0.25) is 0 Å². The quantitative estimate of drug-likeness (QED) is 0.669. The Labute approximate surface area is 176 Å². The minimum atomic E-state index is -5.03. The Balaban J connectivity index is 1.82. The first-order valence-corrected chi connectivity index (χ1v) is 8.95. The lowest BCUT2D eigenvalue weighted by Gasteiger charge is -2.13. The van der Waals surface area contributed by atoms with Crippen molar-refractivity contribution >= 4 is 34.8 Å². The molecule has 1 aliphatic heterocycles. The van der Waals surface area contributed by atoms with Gasteiger partial charge in [0.15, 0.2) is 0 Å². The Kier molecular flexibility index (Phi) is 5.99. The number of rotatable bonds is 4. The predicted octanol–water partition coefficient (Wildman–Crippen LogP) is 4.68. The molecule has 2 aromatic rings. The van der Waals surface area contributed by atoms with Gasteiger partial charge < -0.3 is 5.32 Å². The third kappa shape index (κ3) is 5.16. The normalized spacial score (nSPS) is 14.6. The van der Waals surface area contributed by atoms with Gasteiger partial charge in [0.1, 0.15) is 0 Å². The van der Waals surface area contributed by atoms with Crippen LogP contribution in [0.15, 0.2) is 47.6 Å². The lowest BCUT2D eigenvalue weighted by atomic mass is 10.0. The molecule has 0 bridgehead atoms. The van der Waals surface area contributed by atoms with Crippen molar-refractivity contribution in [3.63, 3.8) is 0 Å². The summed E-state index contributed by atoms with van der Waals surface area (Å²) in [7, 11) is 0. The van der Waals surface area contributed by atoms with E-state index in [1.165, 1.54) is 18.2 Å². The van der Waals surface area contributed by atoms with Gasteiger partial charge in [0.25, 0.3) is 5.91 Å². The molecule has 3 rings (SSSR count). The molecule has 2 aromatic carbocycles. The molecular weight excluding hydrogens is 452 g/mol. The first-order chi connectivity index (χ1) is 14.4. The third-order valence-corrected chi connectivity index (χ3v) is 4.60. The predicted molar refractivity (Wildman–Crippen MR) is 99.4 cm³/mol. The van der Waals surface area contributed by atoms with E-state index in [2.05, 4.69) is 5.10 Å². The van der Waals surface area contributed by atoms with Crippen LogP contribution >= 0.6 is 11.6 Å². The number of nitrogens with zero attached hydrogens (tertiary/aromatic N) is 2. The molecule has 5 nitrogen and oxygen atoms in total. The SMILES string of the molecule is O=C1CC(c2cc(CNC(=O)C(F)(F)F)ccc2Cl)=NN1c1ccc(C(F)(F)F)cc1. The van der Waals surface area contributed by atoms with Crippen LogP contribution in [0.4, 0.5) is 32.0 Å². The number of hydrogen-bond donors (Lipinski definition) is 1. The molecule has 0 atom stereocenters. The van der Waals surface area contributed by atoms with E-state index in [1.54, 1.807) is 5.32 Å². The maximum absolute atomic E-state index is 12.7. The summed E-state index contributed by atoms with van der Waals surface area (Å²) in [5.41, 5.74) is -0.0660. The Bertz CT molecular complexity index is 1050. The van der Waals surface area contributed by atoms with Crippen LogP contribution in [0.25, 0.3) is 0 Å². The number of alkyl halides is 6. The monoisotopic (exact) mass is 463 g/mol. The van der Waals surface area contributed by atoms with Gasteiger partial charge >= 0.3 is 18.3 Å². The summed E-state index contributed by atoms with van der Waals surface area (Å²) in [5, 5.41) is 6.91. The van der Waals surface area contributed by atoms with Gasteiger partial charge in [-0.1, -0.05) is 17.7 Å². The molecule has 1 aliphatic rings. The van der Waals surface area contributed by atoms with E-state index in [-0.39, 0.29) is 34.0 Å². The van der Waals surface area contributed by atoms with E-state index in [4.69, 9.17) is 11.6 Å². The summed E-state index contributed by atoms with van der Waals surface area (Å²) in [6.45, 7) is -0.438.